The lowest BCUT2D eigenvalue weighted by Gasteiger charge is -2.28. The van der Waals surface area contributed by atoms with Crippen LogP contribution in [-0.4, -0.2) is 46.9 Å². The van der Waals surface area contributed by atoms with Gasteiger partial charge in [-0.3, -0.25) is 14.7 Å². The van der Waals surface area contributed by atoms with E-state index < -0.39 is 0 Å². The van der Waals surface area contributed by atoms with Crippen LogP contribution in [0.25, 0.3) is 0 Å². The molecule has 5 nitrogen and oxygen atoms in total. The van der Waals surface area contributed by atoms with Crippen LogP contribution in [0.4, 0.5) is 0 Å². The van der Waals surface area contributed by atoms with Gasteiger partial charge >= 0.3 is 0 Å². The van der Waals surface area contributed by atoms with E-state index >= 15 is 0 Å². The predicted molar refractivity (Wildman–Crippen MR) is 70.9 cm³/mol. The topological polar surface area (TPSA) is 60.2 Å². The van der Waals surface area contributed by atoms with Gasteiger partial charge in [-0.25, -0.2) is 0 Å². The third-order valence-electron chi connectivity index (χ3n) is 3.46. The van der Waals surface area contributed by atoms with E-state index in [0.717, 1.165) is 25.1 Å². The number of nitriles is 1. The van der Waals surface area contributed by atoms with Crippen LogP contribution in [-0.2, 0) is 11.3 Å². The predicted octanol–water partition coefficient (Wildman–Crippen LogP) is 1.03. The van der Waals surface area contributed by atoms with Gasteiger partial charge in [0.1, 0.15) is 6.04 Å². The second-order valence-electron chi connectivity index (χ2n) is 4.82. The van der Waals surface area contributed by atoms with E-state index in [1.54, 1.807) is 17.3 Å². The highest BCUT2D eigenvalue weighted by Crippen LogP contribution is 2.16. The molecule has 0 spiro atoms. The molecule has 0 aliphatic carbocycles. The number of carbonyl (C=O) groups is 1. The lowest BCUT2D eigenvalue weighted by molar-refractivity contribution is -0.134. The molecule has 0 radical (unpaired) electrons. The van der Waals surface area contributed by atoms with Crippen LogP contribution in [0.2, 0.25) is 0 Å². The summed E-state index contributed by atoms with van der Waals surface area (Å²) in [7, 11) is 1.81. The Kier molecular flexibility index (Phi) is 4.48. The lowest BCUT2D eigenvalue weighted by Crippen LogP contribution is -2.44. The van der Waals surface area contributed by atoms with Crippen molar-refractivity contribution in [2.45, 2.75) is 25.4 Å². The van der Waals surface area contributed by atoms with Gasteiger partial charge in [0, 0.05) is 39.1 Å². The molecule has 2 heterocycles. The molecule has 2 rings (SSSR count). The molecule has 100 valence electrons. The Bertz CT molecular complexity index is 468. The van der Waals surface area contributed by atoms with E-state index in [1.165, 1.54) is 0 Å². The van der Waals surface area contributed by atoms with Crippen molar-refractivity contribution in [2.24, 2.45) is 0 Å². The minimum atomic E-state index is -0.328. The normalized spacial score (nSPS) is 20.9. The summed E-state index contributed by atoms with van der Waals surface area (Å²) in [5.74, 6) is 0.0492. The zero-order valence-electron chi connectivity index (χ0n) is 11.1. The molecule has 1 aromatic rings. The molecule has 1 atom stereocenters. The first-order valence-corrected chi connectivity index (χ1v) is 6.47. The number of hydrogen-bond acceptors (Lipinski definition) is 4. The van der Waals surface area contributed by atoms with Gasteiger partial charge in [0.05, 0.1) is 12.5 Å². The number of carbonyl (C=O) groups excluding carboxylic acids is 1. The van der Waals surface area contributed by atoms with Gasteiger partial charge in [0.2, 0.25) is 5.91 Å². The molecule has 0 saturated carbocycles. The highest BCUT2D eigenvalue weighted by atomic mass is 16.2. The molecular weight excluding hydrogens is 240 g/mol. The molecule has 1 amide bonds. The molecule has 5 heteroatoms. The standard InChI is InChI=1S/C14H18N4O/c1-17-9-2-10-18(13(3-6-15)14(17)19)11-12-4-7-16-8-5-12/h4-5,7-8,13H,2-3,9-11H2,1H3. The first-order valence-electron chi connectivity index (χ1n) is 6.47. The Morgan fingerprint density at radius 3 is 2.84 bits per heavy atom. The molecule has 0 bridgehead atoms. The summed E-state index contributed by atoms with van der Waals surface area (Å²) in [4.78, 5) is 20.1. The van der Waals surface area contributed by atoms with Crippen molar-refractivity contribution in [1.82, 2.24) is 14.8 Å². The number of pyridine rings is 1. The van der Waals surface area contributed by atoms with Crippen molar-refractivity contribution < 1.29 is 4.79 Å². The zero-order valence-corrected chi connectivity index (χ0v) is 11.1. The minimum Gasteiger partial charge on any atom is -0.344 e. The molecule has 1 saturated heterocycles. The third kappa shape index (κ3) is 3.30. The Balaban J connectivity index is 2.16. The van der Waals surface area contributed by atoms with Crippen molar-refractivity contribution in [1.29, 1.82) is 5.26 Å². The maximum Gasteiger partial charge on any atom is 0.240 e. The van der Waals surface area contributed by atoms with E-state index in [1.807, 2.05) is 19.2 Å². The van der Waals surface area contributed by atoms with Crippen LogP contribution in [0.1, 0.15) is 18.4 Å². The molecule has 1 fully saturated rings. The summed E-state index contributed by atoms with van der Waals surface area (Å²) in [6.45, 7) is 2.28. The highest BCUT2D eigenvalue weighted by Gasteiger charge is 2.30. The van der Waals surface area contributed by atoms with E-state index in [-0.39, 0.29) is 18.4 Å². The largest absolute Gasteiger partial charge is 0.344 e. The van der Waals surface area contributed by atoms with E-state index in [2.05, 4.69) is 16.0 Å². The van der Waals surface area contributed by atoms with E-state index in [4.69, 9.17) is 5.26 Å². The average Bonchev–Trinajstić information content (AvgIpc) is 2.55. The molecule has 0 N–H and O–H groups in total. The molecule has 1 unspecified atom stereocenters. The summed E-state index contributed by atoms with van der Waals surface area (Å²) in [5, 5.41) is 8.94. The minimum absolute atomic E-state index is 0.0492. The summed E-state index contributed by atoms with van der Waals surface area (Å²) < 4.78 is 0. The average molecular weight is 258 g/mol. The number of rotatable bonds is 3. The first-order chi connectivity index (χ1) is 9.22. The van der Waals surface area contributed by atoms with Crippen molar-refractivity contribution in [2.75, 3.05) is 20.1 Å². The number of nitrogens with zero attached hydrogens (tertiary/aromatic N) is 4. The van der Waals surface area contributed by atoms with Gasteiger partial charge in [-0.05, 0) is 24.1 Å². The molecule has 19 heavy (non-hydrogen) atoms. The van der Waals surface area contributed by atoms with Crippen LogP contribution in [0.3, 0.4) is 0 Å². The monoisotopic (exact) mass is 258 g/mol. The van der Waals surface area contributed by atoms with Gasteiger partial charge in [-0.1, -0.05) is 0 Å². The maximum absolute atomic E-state index is 12.3. The lowest BCUT2D eigenvalue weighted by atomic mass is 10.1. The number of hydrogen-bond donors (Lipinski definition) is 0. The van der Waals surface area contributed by atoms with Crippen LogP contribution in [0.15, 0.2) is 24.5 Å². The van der Waals surface area contributed by atoms with Crippen LogP contribution >= 0.6 is 0 Å². The molecule has 1 aliphatic heterocycles. The molecule has 0 aromatic carbocycles. The van der Waals surface area contributed by atoms with Crippen molar-refractivity contribution in [3.63, 3.8) is 0 Å². The maximum atomic E-state index is 12.3. The molecule has 1 aliphatic rings. The van der Waals surface area contributed by atoms with Gasteiger partial charge < -0.3 is 4.90 Å². The second kappa shape index (κ2) is 6.30. The Hall–Kier alpha value is -1.93. The van der Waals surface area contributed by atoms with Crippen molar-refractivity contribution in [3.8, 4) is 6.07 Å². The fourth-order valence-electron chi connectivity index (χ4n) is 2.40. The quantitative estimate of drug-likeness (QED) is 0.812. The first kappa shape index (κ1) is 13.5. The van der Waals surface area contributed by atoms with Gasteiger partial charge in [-0.2, -0.15) is 5.26 Å². The molecule has 1 aromatic heterocycles. The van der Waals surface area contributed by atoms with Gasteiger partial charge in [0.25, 0.3) is 0 Å². The van der Waals surface area contributed by atoms with Crippen LogP contribution < -0.4 is 0 Å². The summed E-state index contributed by atoms with van der Waals surface area (Å²) in [5.41, 5.74) is 1.12. The summed E-state index contributed by atoms with van der Waals surface area (Å²) >= 11 is 0. The Labute approximate surface area is 113 Å². The second-order valence-corrected chi connectivity index (χ2v) is 4.82. The van der Waals surface area contributed by atoms with Crippen molar-refractivity contribution in [3.05, 3.63) is 30.1 Å². The van der Waals surface area contributed by atoms with Gasteiger partial charge in [0.15, 0.2) is 0 Å². The molecular formula is C14H18N4O. The fourth-order valence-corrected chi connectivity index (χ4v) is 2.40. The Morgan fingerprint density at radius 2 is 2.16 bits per heavy atom. The van der Waals surface area contributed by atoms with Gasteiger partial charge in [-0.15, -0.1) is 0 Å². The highest BCUT2D eigenvalue weighted by molar-refractivity contribution is 5.82. The number of aromatic nitrogens is 1. The van der Waals surface area contributed by atoms with Crippen molar-refractivity contribution >= 4 is 5.91 Å². The summed E-state index contributed by atoms with van der Waals surface area (Å²) in [6, 6.07) is 5.70. The Morgan fingerprint density at radius 1 is 1.42 bits per heavy atom. The SMILES string of the molecule is CN1CCCN(Cc2ccncc2)C(CC#N)C1=O. The third-order valence-corrected chi connectivity index (χ3v) is 3.46. The summed E-state index contributed by atoms with van der Waals surface area (Å²) in [6.07, 6.45) is 4.68. The number of amides is 1. The van der Waals surface area contributed by atoms with Crippen LogP contribution in [0, 0.1) is 11.3 Å². The van der Waals surface area contributed by atoms with E-state index in [9.17, 15) is 4.79 Å². The smallest absolute Gasteiger partial charge is 0.240 e. The van der Waals surface area contributed by atoms with E-state index in [0.29, 0.717) is 6.54 Å². The number of likely N-dealkylation sites (N-methyl/N-ethyl adjacent to an activating group) is 1. The van der Waals surface area contributed by atoms with Crippen LogP contribution in [0.5, 0.6) is 0 Å². The zero-order chi connectivity index (χ0) is 13.7. The fraction of sp³-hybridized carbons (Fsp3) is 0.500.